The standard InChI is InChI=1S/C14H28N2O2/c1-4-16(5-2)13(18)10-15-14(11-17)8-6-7-12(3)9-14/h12,15,17H,4-11H2,1-3H3. The average molecular weight is 256 g/mol. The zero-order valence-corrected chi connectivity index (χ0v) is 12.0. The zero-order chi connectivity index (χ0) is 13.6. The van der Waals surface area contributed by atoms with Gasteiger partial charge in [-0.25, -0.2) is 0 Å². The van der Waals surface area contributed by atoms with Gasteiger partial charge in [0.2, 0.25) is 5.91 Å². The van der Waals surface area contributed by atoms with Gasteiger partial charge in [-0.1, -0.05) is 19.8 Å². The number of aliphatic hydroxyl groups excluding tert-OH is 1. The van der Waals surface area contributed by atoms with Crippen LogP contribution in [0.15, 0.2) is 0 Å². The Morgan fingerprint density at radius 2 is 2.11 bits per heavy atom. The molecule has 0 aromatic carbocycles. The van der Waals surface area contributed by atoms with E-state index in [9.17, 15) is 9.90 Å². The van der Waals surface area contributed by atoms with Crippen LogP contribution in [-0.2, 0) is 4.79 Å². The first-order valence-corrected chi connectivity index (χ1v) is 7.20. The second kappa shape index (κ2) is 7.10. The van der Waals surface area contributed by atoms with Crippen molar-refractivity contribution in [2.45, 2.75) is 52.0 Å². The van der Waals surface area contributed by atoms with Gasteiger partial charge in [0.15, 0.2) is 0 Å². The van der Waals surface area contributed by atoms with Crippen LogP contribution in [0.2, 0.25) is 0 Å². The molecule has 0 aliphatic heterocycles. The third kappa shape index (κ3) is 3.95. The van der Waals surface area contributed by atoms with Gasteiger partial charge in [0.1, 0.15) is 0 Å². The van der Waals surface area contributed by atoms with E-state index in [4.69, 9.17) is 0 Å². The predicted octanol–water partition coefficient (Wildman–Crippen LogP) is 1.39. The summed E-state index contributed by atoms with van der Waals surface area (Å²) in [7, 11) is 0. The lowest BCUT2D eigenvalue weighted by Gasteiger charge is -2.39. The van der Waals surface area contributed by atoms with Crippen molar-refractivity contribution in [3.05, 3.63) is 0 Å². The SMILES string of the molecule is CCN(CC)C(=O)CNC1(CO)CCCC(C)C1. The molecule has 1 rings (SSSR count). The van der Waals surface area contributed by atoms with Gasteiger partial charge in [-0.3, -0.25) is 4.79 Å². The second-order valence-corrected chi connectivity index (χ2v) is 5.56. The summed E-state index contributed by atoms with van der Waals surface area (Å²) in [6.07, 6.45) is 4.30. The molecule has 4 heteroatoms. The van der Waals surface area contributed by atoms with Crippen LogP contribution < -0.4 is 5.32 Å². The zero-order valence-electron chi connectivity index (χ0n) is 12.0. The molecule has 2 atom stereocenters. The smallest absolute Gasteiger partial charge is 0.236 e. The van der Waals surface area contributed by atoms with E-state index < -0.39 is 0 Å². The Balaban J connectivity index is 2.51. The summed E-state index contributed by atoms with van der Waals surface area (Å²) < 4.78 is 0. The first kappa shape index (κ1) is 15.4. The van der Waals surface area contributed by atoms with Gasteiger partial charge >= 0.3 is 0 Å². The van der Waals surface area contributed by atoms with Crippen LogP contribution in [0.3, 0.4) is 0 Å². The third-order valence-electron chi connectivity index (χ3n) is 4.12. The lowest BCUT2D eigenvalue weighted by Crippen LogP contribution is -2.54. The minimum atomic E-state index is -0.236. The maximum absolute atomic E-state index is 12.0. The predicted molar refractivity (Wildman–Crippen MR) is 73.4 cm³/mol. The fraction of sp³-hybridized carbons (Fsp3) is 0.929. The number of aliphatic hydroxyl groups is 1. The van der Waals surface area contributed by atoms with Gasteiger partial charge in [-0.2, -0.15) is 0 Å². The average Bonchev–Trinajstić information content (AvgIpc) is 2.38. The van der Waals surface area contributed by atoms with E-state index in [1.807, 2.05) is 18.7 Å². The number of amides is 1. The first-order chi connectivity index (χ1) is 8.56. The van der Waals surface area contributed by atoms with Crippen molar-refractivity contribution in [3.63, 3.8) is 0 Å². The lowest BCUT2D eigenvalue weighted by molar-refractivity contribution is -0.130. The van der Waals surface area contributed by atoms with Crippen LogP contribution in [0.4, 0.5) is 0 Å². The molecule has 1 saturated carbocycles. The number of carbonyl (C=O) groups is 1. The molecule has 1 aliphatic rings. The molecule has 1 aliphatic carbocycles. The van der Waals surface area contributed by atoms with Gasteiger partial charge < -0.3 is 15.3 Å². The molecule has 1 fully saturated rings. The van der Waals surface area contributed by atoms with Crippen LogP contribution in [0, 0.1) is 5.92 Å². The largest absolute Gasteiger partial charge is 0.394 e. The Labute approximate surface area is 111 Å². The summed E-state index contributed by atoms with van der Waals surface area (Å²) in [5, 5.41) is 13.0. The summed E-state index contributed by atoms with van der Waals surface area (Å²) in [6, 6.07) is 0. The van der Waals surface area contributed by atoms with Crippen molar-refractivity contribution in [1.82, 2.24) is 10.2 Å². The summed E-state index contributed by atoms with van der Waals surface area (Å²) in [6.45, 7) is 8.17. The molecule has 0 radical (unpaired) electrons. The van der Waals surface area contributed by atoms with E-state index in [0.717, 1.165) is 32.4 Å². The van der Waals surface area contributed by atoms with Crippen molar-refractivity contribution < 1.29 is 9.90 Å². The molecule has 0 saturated heterocycles. The van der Waals surface area contributed by atoms with Gasteiger partial charge in [0.05, 0.1) is 13.2 Å². The number of likely N-dealkylation sites (N-methyl/N-ethyl adjacent to an activating group) is 1. The fourth-order valence-electron chi connectivity index (χ4n) is 2.97. The molecule has 106 valence electrons. The fourth-order valence-corrected chi connectivity index (χ4v) is 2.97. The monoisotopic (exact) mass is 256 g/mol. The maximum Gasteiger partial charge on any atom is 0.236 e. The number of carbonyl (C=O) groups excluding carboxylic acids is 1. The Morgan fingerprint density at radius 1 is 1.44 bits per heavy atom. The second-order valence-electron chi connectivity index (χ2n) is 5.56. The van der Waals surface area contributed by atoms with Crippen LogP contribution in [0.25, 0.3) is 0 Å². The van der Waals surface area contributed by atoms with Crippen molar-refractivity contribution >= 4 is 5.91 Å². The van der Waals surface area contributed by atoms with Gasteiger partial charge in [-0.15, -0.1) is 0 Å². The summed E-state index contributed by atoms with van der Waals surface area (Å²) in [5.41, 5.74) is -0.236. The van der Waals surface area contributed by atoms with Crippen LogP contribution in [0.1, 0.15) is 46.5 Å². The molecule has 2 N–H and O–H groups in total. The Morgan fingerprint density at radius 3 is 2.61 bits per heavy atom. The van der Waals surface area contributed by atoms with Crippen molar-refractivity contribution in [3.8, 4) is 0 Å². The molecule has 0 heterocycles. The highest BCUT2D eigenvalue weighted by Gasteiger charge is 2.34. The molecule has 0 bridgehead atoms. The number of hydrogen-bond acceptors (Lipinski definition) is 3. The van der Waals surface area contributed by atoms with Crippen molar-refractivity contribution in [2.24, 2.45) is 5.92 Å². The molecule has 18 heavy (non-hydrogen) atoms. The first-order valence-electron chi connectivity index (χ1n) is 7.20. The summed E-state index contributed by atoms with van der Waals surface area (Å²) in [4.78, 5) is 13.8. The van der Waals surface area contributed by atoms with E-state index in [2.05, 4.69) is 12.2 Å². The van der Waals surface area contributed by atoms with Gasteiger partial charge in [0.25, 0.3) is 0 Å². The Kier molecular flexibility index (Phi) is 6.09. The third-order valence-corrected chi connectivity index (χ3v) is 4.12. The van der Waals surface area contributed by atoms with Crippen LogP contribution in [-0.4, -0.2) is 47.7 Å². The molecular formula is C14H28N2O2. The molecule has 0 aromatic rings. The Bertz CT molecular complexity index is 267. The summed E-state index contributed by atoms with van der Waals surface area (Å²) in [5.74, 6) is 0.757. The normalized spacial score (nSPS) is 28.1. The molecule has 1 amide bonds. The van der Waals surface area contributed by atoms with Gasteiger partial charge in [-0.05, 0) is 32.6 Å². The Hall–Kier alpha value is -0.610. The molecule has 0 spiro atoms. The topological polar surface area (TPSA) is 52.6 Å². The van der Waals surface area contributed by atoms with E-state index in [1.165, 1.54) is 6.42 Å². The van der Waals surface area contributed by atoms with E-state index in [-0.39, 0.29) is 18.1 Å². The van der Waals surface area contributed by atoms with Crippen LogP contribution in [0.5, 0.6) is 0 Å². The number of hydrogen-bond donors (Lipinski definition) is 2. The minimum absolute atomic E-state index is 0.128. The van der Waals surface area contributed by atoms with Crippen molar-refractivity contribution in [1.29, 1.82) is 0 Å². The maximum atomic E-state index is 12.0. The quantitative estimate of drug-likeness (QED) is 0.755. The van der Waals surface area contributed by atoms with Crippen molar-refractivity contribution in [2.75, 3.05) is 26.2 Å². The number of nitrogens with one attached hydrogen (secondary N) is 1. The molecular weight excluding hydrogens is 228 g/mol. The number of nitrogens with zero attached hydrogens (tertiary/aromatic N) is 1. The van der Waals surface area contributed by atoms with E-state index >= 15 is 0 Å². The highest BCUT2D eigenvalue weighted by molar-refractivity contribution is 5.78. The highest BCUT2D eigenvalue weighted by Crippen LogP contribution is 2.31. The highest BCUT2D eigenvalue weighted by atomic mass is 16.3. The lowest BCUT2D eigenvalue weighted by atomic mass is 9.77. The molecule has 4 nitrogen and oxygen atoms in total. The molecule has 0 aromatic heterocycles. The van der Waals surface area contributed by atoms with Crippen LogP contribution >= 0.6 is 0 Å². The summed E-state index contributed by atoms with van der Waals surface area (Å²) >= 11 is 0. The minimum Gasteiger partial charge on any atom is -0.394 e. The van der Waals surface area contributed by atoms with E-state index in [1.54, 1.807) is 0 Å². The van der Waals surface area contributed by atoms with E-state index in [0.29, 0.717) is 12.5 Å². The molecule has 2 unspecified atom stereocenters. The van der Waals surface area contributed by atoms with Gasteiger partial charge in [0, 0.05) is 18.6 Å². The number of rotatable bonds is 6.